The van der Waals surface area contributed by atoms with Gasteiger partial charge in [0.15, 0.2) is 0 Å². The zero-order chi connectivity index (χ0) is 97.9. The molecule has 20 nitrogen and oxygen atoms in total. The zero-order valence-corrected chi connectivity index (χ0v) is 85.7. The summed E-state index contributed by atoms with van der Waals surface area (Å²) in [6, 6.07) is 89.2. The summed E-state index contributed by atoms with van der Waals surface area (Å²) in [5, 5.41) is 6.09. The number of amides is 8. The molecule has 11 aromatic carbocycles. The number of thiocarbonyl (C=S) groups is 4. The molecule has 4 fully saturated rings. The third-order valence-electron chi connectivity index (χ3n) is 22.8. The third kappa shape index (κ3) is 20.2. The van der Waals surface area contributed by atoms with Gasteiger partial charge in [0.05, 0.1) is 0 Å². The Morgan fingerprint density at radius 1 is 0.261 bits per heavy atom. The van der Waals surface area contributed by atoms with E-state index in [9.17, 15) is 55.9 Å². The number of hydrogen-bond acceptors (Lipinski definition) is 16. The van der Waals surface area contributed by atoms with Crippen LogP contribution < -0.4 is 19.6 Å². The number of fused-ring (bicyclic) bond motifs is 3. The molecular formula is C105H79ClF4N12O8S4Se4. The molecule has 0 unspecified atom stereocenters. The summed E-state index contributed by atoms with van der Waals surface area (Å²) in [6.45, 7) is 2.05. The molecule has 0 saturated carbocycles. The fourth-order valence-corrected chi connectivity index (χ4v) is 24.6. The average Bonchev–Trinajstić information content (AvgIpc) is 1.50. The first-order chi connectivity index (χ1) is 66.2. The molecule has 4 saturated heterocycles. The number of carbonyl (C=O) groups is 8. The topological polar surface area (TPSA) is 175 Å². The van der Waals surface area contributed by atoms with E-state index in [4.69, 9.17) is 60.5 Å². The molecule has 0 spiro atoms. The predicted octanol–water partition coefficient (Wildman–Crippen LogP) is 20.2. The van der Waals surface area contributed by atoms with Crippen molar-refractivity contribution in [1.82, 2.24) is 39.2 Å². The van der Waals surface area contributed by atoms with E-state index in [1.54, 1.807) is 121 Å². The minimum absolute atomic E-state index is 0.0388. The van der Waals surface area contributed by atoms with Gasteiger partial charge in [0.25, 0.3) is 0 Å². The summed E-state index contributed by atoms with van der Waals surface area (Å²) in [4.78, 5) is 121. The quantitative estimate of drug-likeness (QED) is 0.0293. The molecule has 0 aliphatic carbocycles. The third-order valence-corrected chi connectivity index (χ3v) is 33.8. The number of carbonyl (C=O) groups excluding carboxylic acids is 8. The molecule has 0 N–H and O–H groups in total. The molecule has 4 aromatic heterocycles. The Bertz CT molecular complexity index is 7350. The first-order valence-electron chi connectivity index (χ1n) is 42.3. The number of halogens is 5. The molecule has 4 aliphatic rings. The van der Waals surface area contributed by atoms with Crippen LogP contribution in [0.2, 0.25) is 5.02 Å². The van der Waals surface area contributed by atoms with Gasteiger partial charge in [0.1, 0.15) is 0 Å². The summed E-state index contributed by atoms with van der Waals surface area (Å²) in [7, 11) is 12.5. The van der Waals surface area contributed by atoms with Crippen LogP contribution in [-0.4, -0.2) is 221 Å². The standard InChI is InChI=1S/C27H19F2N3O2SSe.2C27H20FN3O2SSe.C24H20ClN3O2SSe/c1-30-25(33)21(26(34)31(2)27(30)35)15-18-11-14-24(36-18)32(17-9-7-16(28)8-10-17)23-13-12-22(29)19-5-3-4-6-20(19)23;1-29-25(32)22(26(33)30(2)27(29)34)16-20-14-15-24(35-20)31(19-12-10-18(28)11-13-19)23-9-5-7-17-6-3-4-8-21(17)23;1-29-25(32)21(26(33)30(2)27(29)34)16-18-12-15-24(35-18)31(17-8-4-3-5-9-17)23-14-13-22(28)19-10-6-7-11-20(19)23;1-15-4-8-17(9-5-15)28(18-10-6-16(25)7-11-18)21-13-12-19(32-21)14-20-22(29)26(2)24(31)27(3)23(20)30/h3-15H,1-2H3;2*3-16H,1-2H3;4-14H,1-3H3. The number of benzene rings is 11. The Morgan fingerprint density at radius 2 is 0.514 bits per heavy atom. The van der Waals surface area contributed by atoms with Gasteiger partial charge in [0.2, 0.25) is 0 Å². The second kappa shape index (κ2) is 41.8. The number of para-hydroxylation sites is 1. The average molecular weight is 2190 g/mol. The molecule has 138 heavy (non-hydrogen) atoms. The van der Waals surface area contributed by atoms with Crippen LogP contribution in [0.15, 0.2) is 313 Å². The van der Waals surface area contributed by atoms with Crippen molar-refractivity contribution in [3.8, 4) is 0 Å². The van der Waals surface area contributed by atoms with Gasteiger partial charge in [-0.05, 0) is 0 Å². The van der Waals surface area contributed by atoms with Gasteiger partial charge in [-0.25, -0.2) is 0 Å². The van der Waals surface area contributed by atoms with E-state index in [2.05, 4.69) is 64.1 Å². The Kier molecular flexibility index (Phi) is 29.6. The van der Waals surface area contributed by atoms with Crippen molar-refractivity contribution < 1.29 is 55.9 Å². The van der Waals surface area contributed by atoms with E-state index in [-0.39, 0.29) is 136 Å². The summed E-state index contributed by atoms with van der Waals surface area (Å²) in [5.74, 6) is -4.57. The second-order valence-corrected chi connectivity index (χ2v) is 42.7. The predicted molar refractivity (Wildman–Crippen MR) is 559 cm³/mol. The molecular weight excluding hydrogens is 2110 g/mol. The number of anilines is 12. The molecule has 33 heteroatoms. The van der Waals surface area contributed by atoms with E-state index >= 15 is 0 Å². The van der Waals surface area contributed by atoms with Crippen molar-refractivity contribution in [2.24, 2.45) is 0 Å². The number of hydrogen-bond donors (Lipinski definition) is 0. The Balaban J connectivity index is 0.000000133. The normalized spacial score (nSPS) is 14.2. The molecule has 0 bridgehead atoms. The van der Waals surface area contributed by atoms with E-state index in [1.165, 1.54) is 95.3 Å². The van der Waals surface area contributed by atoms with Gasteiger partial charge in [-0.15, -0.1) is 0 Å². The first-order valence-corrected chi connectivity index (χ1v) is 51.2. The van der Waals surface area contributed by atoms with Gasteiger partial charge in [-0.3, -0.25) is 0 Å². The van der Waals surface area contributed by atoms with Crippen LogP contribution in [0.1, 0.15) is 23.3 Å². The van der Waals surface area contributed by atoms with E-state index in [0.29, 0.717) is 26.9 Å². The summed E-state index contributed by atoms with van der Waals surface area (Å²) < 4.78 is 64.1. The van der Waals surface area contributed by atoms with Crippen LogP contribution in [0.5, 0.6) is 0 Å². The van der Waals surface area contributed by atoms with Crippen molar-refractivity contribution in [3.05, 3.63) is 365 Å². The van der Waals surface area contributed by atoms with Crippen LogP contribution in [0.3, 0.4) is 0 Å². The maximum absolute atomic E-state index is 14.6. The summed E-state index contributed by atoms with van der Waals surface area (Å²) in [5.41, 5.74) is 8.58. The Labute approximate surface area is 842 Å². The van der Waals surface area contributed by atoms with Crippen molar-refractivity contribution in [3.63, 3.8) is 0 Å². The van der Waals surface area contributed by atoms with Crippen molar-refractivity contribution in [1.29, 1.82) is 0 Å². The fourth-order valence-electron chi connectivity index (χ4n) is 15.5. The number of rotatable bonds is 16. The van der Waals surface area contributed by atoms with Gasteiger partial charge in [0, 0.05) is 0 Å². The molecule has 19 rings (SSSR count). The Morgan fingerprint density at radius 3 is 0.848 bits per heavy atom. The first kappa shape index (κ1) is 97.6. The number of aryl methyl sites for hydroxylation is 1. The van der Waals surface area contributed by atoms with Gasteiger partial charge in [-0.2, -0.15) is 0 Å². The minimum atomic E-state index is -0.451. The maximum atomic E-state index is 14.6. The Hall–Kier alpha value is -13.5. The van der Waals surface area contributed by atoms with E-state index in [1.807, 2.05) is 163 Å². The molecule has 4 aliphatic heterocycles. The van der Waals surface area contributed by atoms with Gasteiger partial charge in [-0.1, -0.05) is 0 Å². The van der Waals surface area contributed by atoms with Crippen LogP contribution in [0, 0.1) is 30.2 Å². The second-order valence-electron chi connectivity index (χ2n) is 31.6. The van der Waals surface area contributed by atoms with Crippen molar-refractivity contribution in [2.75, 3.05) is 76.0 Å². The summed E-state index contributed by atoms with van der Waals surface area (Å²) >= 11 is 25.9. The molecule has 690 valence electrons. The molecule has 0 atom stereocenters. The van der Waals surface area contributed by atoms with Crippen molar-refractivity contribution >= 4 is 307 Å². The molecule has 8 amide bonds. The molecule has 15 aromatic rings. The van der Waals surface area contributed by atoms with Gasteiger partial charge < -0.3 is 0 Å². The SMILES string of the molecule is CN1C(=O)C(=Cc2ccc(N(c3ccc(F)cc3)c3ccc(F)c4ccccc34)[se]2)C(=O)N(C)C1=S.CN1C(=O)C(=Cc2ccc(N(c3ccc(F)cc3)c3cccc4ccccc34)[se]2)C(=O)N(C)C1=S.CN1C(=O)C(=Cc2ccc(N(c3ccccc3)c3ccc(F)c4ccccc34)[se]2)C(=O)N(C)C1=S.Cc1ccc(N(c2ccc(Cl)cc2)c2ccc(C=C3C(=O)N(C)C(=S)N(C)C3=O)[se]2)cc1. The van der Waals surface area contributed by atoms with Crippen LogP contribution in [0.4, 0.5) is 81.3 Å². The van der Waals surface area contributed by atoms with E-state index in [0.717, 1.165) is 92.0 Å². The monoisotopic (exact) mass is 2190 g/mol. The summed E-state index contributed by atoms with van der Waals surface area (Å²) in [6.07, 6.45) is 6.62. The van der Waals surface area contributed by atoms with Gasteiger partial charge >= 0.3 is 850 Å². The van der Waals surface area contributed by atoms with Crippen LogP contribution >= 0.6 is 60.5 Å². The molecule has 8 heterocycles. The molecule has 0 radical (unpaired) electrons. The van der Waals surface area contributed by atoms with Crippen LogP contribution in [-0.2, 0) is 38.4 Å². The zero-order valence-electron chi connectivity index (χ0n) is 74.8. The van der Waals surface area contributed by atoms with E-state index < -0.39 is 35.4 Å². The fraction of sp³-hybridized carbons (Fsp3) is 0.0857. The van der Waals surface area contributed by atoms with Crippen molar-refractivity contribution in [2.45, 2.75) is 6.92 Å². The van der Waals surface area contributed by atoms with Crippen LogP contribution in [0.25, 0.3) is 56.6 Å². The number of likely N-dealkylation sites (N-methyl/N-ethyl adjacent to an activating group) is 8. The number of nitrogens with zero attached hydrogens (tertiary/aromatic N) is 12.